The SMILES string of the molecule is COc1ccc(N(C(=O)Cc2cccs2)C(C(=O)NC2CCCCC2)c2ccc(OC)cc2OC)cc1. The van der Waals surface area contributed by atoms with Crippen LogP contribution >= 0.6 is 11.3 Å². The van der Waals surface area contributed by atoms with Crippen molar-refractivity contribution >= 4 is 28.8 Å². The van der Waals surface area contributed by atoms with Gasteiger partial charge in [-0.2, -0.15) is 0 Å². The van der Waals surface area contributed by atoms with Crippen LogP contribution in [-0.4, -0.2) is 39.2 Å². The molecule has 0 saturated heterocycles. The van der Waals surface area contributed by atoms with Crippen molar-refractivity contribution in [1.82, 2.24) is 5.32 Å². The minimum absolute atomic E-state index is 0.0816. The normalized spacial score (nSPS) is 14.5. The Balaban J connectivity index is 1.81. The monoisotopic (exact) mass is 522 g/mol. The highest BCUT2D eigenvalue weighted by atomic mass is 32.1. The van der Waals surface area contributed by atoms with Crippen molar-refractivity contribution in [3.05, 3.63) is 70.4 Å². The molecule has 0 aliphatic heterocycles. The van der Waals surface area contributed by atoms with Crippen LogP contribution in [0.3, 0.4) is 0 Å². The maximum Gasteiger partial charge on any atom is 0.248 e. The molecule has 1 saturated carbocycles. The molecule has 1 fully saturated rings. The molecular formula is C29H34N2O5S. The summed E-state index contributed by atoms with van der Waals surface area (Å²) in [6.07, 6.45) is 5.39. The van der Waals surface area contributed by atoms with Gasteiger partial charge in [-0.15, -0.1) is 11.3 Å². The molecule has 2 aromatic carbocycles. The Bertz CT molecular complexity index is 1170. The average molecular weight is 523 g/mol. The summed E-state index contributed by atoms with van der Waals surface area (Å²) < 4.78 is 16.4. The van der Waals surface area contributed by atoms with Crippen molar-refractivity contribution in [2.75, 3.05) is 26.2 Å². The Labute approximate surface area is 222 Å². The van der Waals surface area contributed by atoms with Crippen molar-refractivity contribution in [2.24, 2.45) is 0 Å². The second-order valence-corrected chi connectivity index (χ2v) is 10.1. The van der Waals surface area contributed by atoms with E-state index >= 15 is 0 Å². The first-order chi connectivity index (χ1) is 18.0. The minimum atomic E-state index is -0.941. The smallest absolute Gasteiger partial charge is 0.248 e. The summed E-state index contributed by atoms with van der Waals surface area (Å²) in [5, 5.41) is 5.19. The molecule has 0 bridgehead atoms. The standard InChI is InChI=1S/C29H34N2O5S/c1-34-22-13-11-21(12-14-22)31(27(32)19-24-10-7-17-37-24)28(29(33)30-20-8-5-4-6-9-20)25-16-15-23(35-2)18-26(25)36-3/h7,10-18,20,28H,4-6,8-9,19H2,1-3H3,(H,30,33). The van der Waals surface area contributed by atoms with E-state index in [9.17, 15) is 9.59 Å². The zero-order valence-electron chi connectivity index (χ0n) is 21.6. The summed E-state index contributed by atoms with van der Waals surface area (Å²) in [6.45, 7) is 0. The first-order valence-electron chi connectivity index (χ1n) is 12.5. The summed E-state index contributed by atoms with van der Waals surface area (Å²) in [4.78, 5) is 30.5. The zero-order chi connectivity index (χ0) is 26.2. The summed E-state index contributed by atoms with van der Waals surface area (Å²) in [6, 6.07) is 15.5. The highest BCUT2D eigenvalue weighted by molar-refractivity contribution is 7.10. The number of nitrogens with one attached hydrogen (secondary N) is 1. The lowest BCUT2D eigenvalue weighted by molar-refractivity contribution is -0.127. The topological polar surface area (TPSA) is 77.1 Å². The Kier molecular flexibility index (Phi) is 9.06. The van der Waals surface area contributed by atoms with E-state index in [2.05, 4.69) is 5.32 Å². The van der Waals surface area contributed by atoms with Crippen LogP contribution in [0.2, 0.25) is 0 Å². The van der Waals surface area contributed by atoms with Crippen LogP contribution in [0.5, 0.6) is 17.2 Å². The van der Waals surface area contributed by atoms with Crippen LogP contribution in [0.15, 0.2) is 60.0 Å². The molecule has 1 N–H and O–H groups in total. The first kappa shape index (κ1) is 26.5. The predicted octanol–water partition coefficient (Wildman–Crippen LogP) is 5.54. The molecule has 2 amide bonds. The van der Waals surface area contributed by atoms with Crippen molar-refractivity contribution in [1.29, 1.82) is 0 Å². The highest BCUT2D eigenvalue weighted by Gasteiger charge is 2.36. The van der Waals surface area contributed by atoms with Gasteiger partial charge in [-0.1, -0.05) is 25.3 Å². The Morgan fingerprint density at radius 1 is 0.946 bits per heavy atom. The second kappa shape index (κ2) is 12.6. The van der Waals surface area contributed by atoms with E-state index in [1.807, 2.05) is 29.6 Å². The van der Waals surface area contributed by atoms with Gasteiger partial charge in [-0.3, -0.25) is 14.5 Å². The molecule has 4 rings (SSSR count). The summed E-state index contributed by atoms with van der Waals surface area (Å²) in [7, 11) is 4.73. The van der Waals surface area contributed by atoms with Crippen LogP contribution in [0.4, 0.5) is 5.69 Å². The van der Waals surface area contributed by atoms with Crippen LogP contribution in [0, 0.1) is 0 Å². The number of methoxy groups -OCH3 is 3. The maximum absolute atomic E-state index is 14.1. The largest absolute Gasteiger partial charge is 0.497 e. The molecule has 1 heterocycles. The number of thiophene rings is 1. The van der Waals surface area contributed by atoms with Gasteiger partial charge >= 0.3 is 0 Å². The van der Waals surface area contributed by atoms with Gasteiger partial charge in [0, 0.05) is 28.2 Å². The number of carbonyl (C=O) groups is 2. The number of amides is 2. The third-order valence-corrected chi connectivity index (χ3v) is 7.59. The lowest BCUT2D eigenvalue weighted by Gasteiger charge is -2.34. The van der Waals surface area contributed by atoms with Crippen LogP contribution < -0.4 is 24.4 Å². The lowest BCUT2D eigenvalue weighted by Crippen LogP contribution is -2.47. The molecule has 1 aromatic heterocycles. The molecule has 37 heavy (non-hydrogen) atoms. The molecule has 1 aliphatic rings. The van der Waals surface area contributed by atoms with Crippen molar-refractivity contribution in [3.63, 3.8) is 0 Å². The molecule has 0 radical (unpaired) electrons. The highest BCUT2D eigenvalue weighted by Crippen LogP contribution is 2.37. The van der Waals surface area contributed by atoms with E-state index in [1.165, 1.54) is 17.8 Å². The number of nitrogens with zero attached hydrogens (tertiary/aromatic N) is 1. The molecule has 0 spiro atoms. The van der Waals surface area contributed by atoms with E-state index < -0.39 is 6.04 Å². The number of ether oxygens (including phenoxy) is 3. The number of carbonyl (C=O) groups excluding carboxylic acids is 2. The number of benzene rings is 2. The van der Waals surface area contributed by atoms with Gasteiger partial charge in [0.1, 0.15) is 23.3 Å². The number of rotatable bonds is 10. The van der Waals surface area contributed by atoms with Gasteiger partial charge in [-0.05, 0) is 60.7 Å². The van der Waals surface area contributed by atoms with E-state index in [0.29, 0.717) is 28.5 Å². The summed E-state index contributed by atoms with van der Waals surface area (Å²) in [5.74, 6) is 1.33. The summed E-state index contributed by atoms with van der Waals surface area (Å²) in [5.41, 5.74) is 1.19. The Morgan fingerprint density at radius 2 is 1.65 bits per heavy atom. The van der Waals surface area contributed by atoms with E-state index in [1.54, 1.807) is 56.6 Å². The van der Waals surface area contributed by atoms with Gasteiger partial charge in [0.2, 0.25) is 11.8 Å². The molecule has 3 aromatic rings. The molecule has 196 valence electrons. The van der Waals surface area contributed by atoms with E-state index in [4.69, 9.17) is 14.2 Å². The summed E-state index contributed by atoms with van der Waals surface area (Å²) >= 11 is 1.52. The molecule has 1 unspecified atom stereocenters. The molecular weight excluding hydrogens is 488 g/mol. The average Bonchev–Trinajstić information content (AvgIpc) is 3.45. The maximum atomic E-state index is 14.1. The zero-order valence-corrected chi connectivity index (χ0v) is 22.4. The van der Waals surface area contributed by atoms with Gasteiger partial charge in [0.05, 0.1) is 27.8 Å². The van der Waals surface area contributed by atoms with Gasteiger partial charge in [-0.25, -0.2) is 0 Å². The number of hydrogen-bond donors (Lipinski definition) is 1. The minimum Gasteiger partial charge on any atom is -0.497 e. The van der Waals surface area contributed by atoms with Crippen molar-refractivity contribution < 1.29 is 23.8 Å². The number of hydrogen-bond acceptors (Lipinski definition) is 6. The molecule has 1 atom stereocenters. The van der Waals surface area contributed by atoms with E-state index in [0.717, 1.165) is 30.6 Å². The van der Waals surface area contributed by atoms with Crippen molar-refractivity contribution in [3.8, 4) is 17.2 Å². The first-order valence-corrected chi connectivity index (χ1v) is 13.4. The lowest BCUT2D eigenvalue weighted by atomic mass is 9.94. The Hall–Kier alpha value is -3.52. The Morgan fingerprint density at radius 3 is 2.27 bits per heavy atom. The third kappa shape index (κ3) is 6.43. The quantitative estimate of drug-likeness (QED) is 0.378. The fraction of sp³-hybridized carbons (Fsp3) is 0.379. The van der Waals surface area contributed by atoms with Gasteiger partial charge < -0.3 is 19.5 Å². The van der Waals surface area contributed by atoms with Gasteiger partial charge in [0.15, 0.2) is 0 Å². The fourth-order valence-electron chi connectivity index (χ4n) is 4.80. The molecule has 8 heteroatoms. The van der Waals surface area contributed by atoms with Crippen LogP contribution in [-0.2, 0) is 16.0 Å². The van der Waals surface area contributed by atoms with Crippen LogP contribution in [0.25, 0.3) is 0 Å². The van der Waals surface area contributed by atoms with Crippen molar-refractivity contribution in [2.45, 2.75) is 50.6 Å². The fourth-order valence-corrected chi connectivity index (χ4v) is 5.49. The third-order valence-electron chi connectivity index (χ3n) is 6.72. The number of anilines is 1. The second-order valence-electron chi connectivity index (χ2n) is 9.07. The van der Waals surface area contributed by atoms with Gasteiger partial charge in [0.25, 0.3) is 0 Å². The predicted molar refractivity (Wildman–Crippen MR) is 146 cm³/mol. The van der Waals surface area contributed by atoms with E-state index in [-0.39, 0.29) is 24.3 Å². The molecule has 1 aliphatic carbocycles. The van der Waals surface area contributed by atoms with Crippen LogP contribution in [0.1, 0.15) is 48.6 Å². The molecule has 7 nitrogen and oxygen atoms in total.